The van der Waals surface area contributed by atoms with E-state index in [0.29, 0.717) is 5.88 Å². The first-order chi connectivity index (χ1) is 5.14. The van der Waals surface area contributed by atoms with E-state index in [9.17, 15) is 0 Å². The molecule has 1 aromatic heterocycles. The monoisotopic (exact) mass is 190 g/mol. The van der Waals surface area contributed by atoms with Crippen LogP contribution in [0.25, 0.3) is 0 Å². The summed E-state index contributed by atoms with van der Waals surface area (Å²) < 4.78 is 3.79. The van der Waals surface area contributed by atoms with E-state index in [1.54, 1.807) is 6.20 Å². The van der Waals surface area contributed by atoms with E-state index in [0.717, 1.165) is 6.42 Å². The van der Waals surface area contributed by atoms with Crippen molar-refractivity contribution in [3.63, 3.8) is 0 Å². The van der Waals surface area contributed by atoms with E-state index in [2.05, 4.69) is 23.4 Å². The minimum atomic E-state index is 0.162. The van der Waals surface area contributed by atoms with E-state index >= 15 is 0 Å². The molecule has 1 aromatic rings. The van der Waals surface area contributed by atoms with Gasteiger partial charge in [-0.3, -0.25) is 0 Å². The van der Waals surface area contributed by atoms with Crippen molar-refractivity contribution in [2.45, 2.75) is 20.3 Å². The summed E-state index contributed by atoms with van der Waals surface area (Å²) in [5.74, 6) is 0.672. The first kappa shape index (κ1) is 8.94. The molecular weight excluding hydrogens is 180 g/mol. The van der Waals surface area contributed by atoms with Gasteiger partial charge in [-0.25, -0.2) is 0 Å². The Morgan fingerprint density at radius 2 is 2.36 bits per heavy atom. The SMILES string of the molecule is CC(C)(CCl)Cc1cnns1. The van der Waals surface area contributed by atoms with E-state index in [4.69, 9.17) is 11.6 Å². The fraction of sp³-hybridized carbons (Fsp3) is 0.714. The maximum atomic E-state index is 5.77. The zero-order valence-electron chi connectivity index (χ0n) is 6.67. The van der Waals surface area contributed by atoms with Crippen LogP contribution in [-0.2, 0) is 6.42 Å². The van der Waals surface area contributed by atoms with Crippen LogP contribution >= 0.6 is 23.1 Å². The minimum absolute atomic E-state index is 0.162. The van der Waals surface area contributed by atoms with Crippen LogP contribution in [0.4, 0.5) is 0 Å². The van der Waals surface area contributed by atoms with Gasteiger partial charge in [0, 0.05) is 10.8 Å². The lowest BCUT2D eigenvalue weighted by molar-refractivity contribution is 0.421. The molecule has 0 aromatic carbocycles. The third-order valence-electron chi connectivity index (χ3n) is 1.42. The van der Waals surface area contributed by atoms with Gasteiger partial charge in [0.1, 0.15) is 0 Å². The largest absolute Gasteiger partial charge is 0.146 e. The lowest BCUT2D eigenvalue weighted by Crippen LogP contribution is -2.15. The van der Waals surface area contributed by atoms with Crippen molar-refractivity contribution >= 4 is 23.1 Å². The molecule has 0 aliphatic rings. The smallest absolute Gasteiger partial charge is 0.0653 e. The molecule has 0 fully saturated rings. The Bertz CT molecular complexity index is 208. The molecule has 1 rings (SSSR count). The lowest BCUT2D eigenvalue weighted by Gasteiger charge is -2.18. The Balaban J connectivity index is 2.56. The molecule has 0 saturated heterocycles. The highest BCUT2D eigenvalue weighted by atomic mass is 35.5. The van der Waals surface area contributed by atoms with Gasteiger partial charge in [-0.1, -0.05) is 18.3 Å². The zero-order valence-corrected chi connectivity index (χ0v) is 8.24. The molecule has 11 heavy (non-hydrogen) atoms. The van der Waals surface area contributed by atoms with Gasteiger partial charge in [0.15, 0.2) is 0 Å². The van der Waals surface area contributed by atoms with Gasteiger partial charge in [-0.2, -0.15) is 0 Å². The topological polar surface area (TPSA) is 25.8 Å². The van der Waals surface area contributed by atoms with Crippen molar-refractivity contribution in [3.05, 3.63) is 11.1 Å². The molecule has 4 heteroatoms. The van der Waals surface area contributed by atoms with Crippen LogP contribution < -0.4 is 0 Å². The molecule has 0 unspecified atom stereocenters. The van der Waals surface area contributed by atoms with Crippen LogP contribution in [0, 0.1) is 5.41 Å². The maximum Gasteiger partial charge on any atom is 0.0653 e. The molecule has 0 amide bonds. The lowest BCUT2D eigenvalue weighted by atomic mass is 9.91. The Labute approximate surface area is 75.7 Å². The number of rotatable bonds is 3. The van der Waals surface area contributed by atoms with Gasteiger partial charge in [0.05, 0.1) is 6.20 Å². The maximum absolute atomic E-state index is 5.77. The molecule has 0 saturated carbocycles. The van der Waals surface area contributed by atoms with Crippen LogP contribution in [0.2, 0.25) is 0 Å². The molecule has 62 valence electrons. The second kappa shape index (κ2) is 3.50. The van der Waals surface area contributed by atoms with E-state index in [1.807, 2.05) is 0 Å². The summed E-state index contributed by atoms with van der Waals surface area (Å²) in [5, 5.41) is 3.77. The Kier molecular flexibility index (Phi) is 2.84. The number of halogens is 1. The van der Waals surface area contributed by atoms with Crippen LogP contribution in [0.3, 0.4) is 0 Å². The van der Waals surface area contributed by atoms with E-state index in [1.165, 1.54) is 16.4 Å². The van der Waals surface area contributed by atoms with Crippen molar-refractivity contribution in [2.75, 3.05) is 5.88 Å². The molecular formula is C7H11ClN2S. The van der Waals surface area contributed by atoms with Gasteiger partial charge >= 0.3 is 0 Å². The van der Waals surface area contributed by atoms with E-state index in [-0.39, 0.29) is 5.41 Å². The molecule has 0 N–H and O–H groups in total. The number of hydrogen-bond donors (Lipinski definition) is 0. The van der Waals surface area contributed by atoms with Crippen LogP contribution in [-0.4, -0.2) is 15.5 Å². The summed E-state index contributed by atoms with van der Waals surface area (Å²) in [6, 6.07) is 0. The Morgan fingerprint density at radius 1 is 1.64 bits per heavy atom. The summed E-state index contributed by atoms with van der Waals surface area (Å²) in [5.41, 5.74) is 0.162. The predicted molar refractivity (Wildman–Crippen MR) is 48.1 cm³/mol. The Morgan fingerprint density at radius 3 is 2.82 bits per heavy atom. The summed E-state index contributed by atoms with van der Waals surface area (Å²) in [6.07, 6.45) is 2.77. The fourth-order valence-electron chi connectivity index (χ4n) is 0.784. The second-order valence-electron chi connectivity index (χ2n) is 3.36. The number of nitrogens with zero attached hydrogens (tertiary/aromatic N) is 2. The van der Waals surface area contributed by atoms with Crippen LogP contribution in [0.15, 0.2) is 6.20 Å². The summed E-state index contributed by atoms with van der Waals surface area (Å²) >= 11 is 7.22. The molecule has 1 heterocycles. The molecule has 0 radical (unpaired) electrons. The predicted octanol–water partition coefficient (Wildman–Crippen LogP) is 2.35. The quantitative estimate of drug-likeness (QED) is 0.684. The van der Waals surface area contributed by atoms with Crippen LogP contribution in [0.5, 0.6) is 0 Å². The van der Waals surface area contributed by atoms with Gasteiger partial charge in [-0.05, 0) is 23.4 Å². The van der Waals surface area contributed by atoms with Crippen molar-refractivity contribution in [1.82, 2.24) is 9.59 Å². The minimum Gasteiger partial charge on any atom is -0.146 e. The Hall–Kier alpha value is -0.150. The molecule has 2 nitrogen and oxygen atoms in total. The number of hydrogen-bond acceptors (Lipinski definition) is 3. The normalized spacial score (nSPS) is 11.9. The molecule has 0 aliphatic carbocycles. The average molecular weight is 191 g/mol. The highest BCUT2D eigenvalue weighted by molar-refractivity contribution is 7.05. The fourth-order valence-corrected chi connectivity index (χ4v) is 1.63. The first-order valence-electron chi connectivity index (χ1n) is 3.46. The van der Waals surface area contributed by atoms with Crippen molar-refractivity contribution < 1.29 is 0 Å². The van der Waals surface area contributed by atoms with E-state index < -0.39 is 0 Å². The van der Waals surface area contributed by atoms with Crippen molar-refractivity contribution in [2.24, 2.45) is 5.41 Å². The molecule has 0 spiro atoms. The second-order valence-corrected chi connectivity index (χ2v) is 4.50. The van der Waals surface area contributed by atoms with Gasteiger partial charge in [0.2, 0.25) is 0 Å². The highest BCUT2D eigenvalue weighted by Crippen LogP contribution is 2.23. The van der Waals surface area contributed by atoms with Crippen molar-refractivity contribution in [1.29, 1.82) is 0 Å². The van der Waals surface area contributed by atoms with Crippen molar-refractivity contribution in [3.8, 4) is 0 Å². The third-order valence-corrected chi connectivity index (χ3v) is 2.81. The summed E-state index contributed by atoms with van der Waals surface area (Å²) in [4.78, 5) is 1.20. The molecule has 0 aliphatic heterocycles. The highest BCUT2D eigenvalue weighted by Gasteiger charge is 2.17. The zero-order chi connectivity index (χ0) is 8.32. The standard InChI is InChI=1S/C7H11ClN2S/c1-7(2,5-8)3-6-4-9-10-11-6/h4H,3,5H2,1-2H3. The number of aromatic nitrogens is 2. The van der Waals surface area contributed by atoms with Gasteiger partial charge in [-0.15, -0.1) is 16.7 Å². The third kappa shape index (κ3) is 2.75. The van der Waals surface area contributed by atoms with Crippen LogP contribution in [0.1, 0.15) is 18.7 Å². The average Bonchev–Trinajstić information content (AvgIpc) is 2.39. The number of alkyl halides is 1. The summed E-state index contributed by atoms with van der Waals surface area (Å²) in [6.45, 7) is 4.28. The molecule has 0 atom stereocenters. The first-order valence-corrected chi connectivity index (χ1v) is 4.77. The van der Waals surface area contributed by atoms with Gasteiger partial charge in [0.25, 0.3) is 0 Å². The summed E-state index contributed by atoms with van der Waals surface area (Å²) in [7, 11) is 0. The van der Waals surface area contributed by atoms with Gasteiger partial charge < -0.3 is 0 Å². The molecule has 0 bridgehead atoms.